The van der Waals surface area contributed by atoms with Crippen LogP contribution in [0.4, 0.5) is 14.5 Å². The topological polar surface area (TPSA) is 72.0 Å². The number of hydrogen-bond acceptors (Lipinski definition) is 6. The summed E-state index contributed by atoms with van der Waals surface area (Å²) in [5.74, 6) is -1.06. The Morgan fingerprint density at radius 3 is 2.59 bits per heavy atom. The van der Waals surface area contributed by atoms with Crippen LogP contribution in [0.1, 0.15) is 51.4 Å². The monoisotopic (exact) mass is 568 g/mol. The van der Waals surface area contributed by atoms with E-state index in [2.05, 4.69) is 47.8 Å². The Kier molecular flexibility index (Phi) is 8.46. The van der Waals surface area contributed by atoms with Crippen LogP contribution >= 0.6 is 0 Å². The van der Waals surface area contributed by atoms with Crippen molar-refractivity contribution >= 4 is 17.5 Å². The number of carbonyl (C=O) groups excluding carboxylic acids is 2. The molecule has 2 fully saturated rings. The second-order valence-corrected chi connectivity index (χ2v) is 12.7. The van der Waals surface area contributed by atoms with Gasteiger partial charge in [0.2, 0.25) is 11.8 Å². The number of aromatic nitrogens is 1. The van der Waals surface area contributed by atoms with E-state index < -0.39 is 11.6 Å². The molecule has 5 rings (SSSR count). The highest BCUT2D eigenvalue weighted by Crippen LogP contribution is 2.40. The molecule has 3 aliphatic rings. The number of pyridine rings is 1. The Morgan fingerprint density at radius 2 is 1.88 bits per heavy atom. The minimum atomic E-state index is -0.611. The second-order valence-electron chi connectivity index (χ2n) is 12.7. The number of nitrogens with zero attached hydrogens (tertiary/aromatic N) is 5. The van der Waals surface area contributed by atoms with Crippen LogP contribution in [0.15, 0.2) is 30.5 Å². The fourth-order valence-corrected chi connectivity index (χ4v) is 6.46. The van der Waals surface area contributed by atoms with E-state index in [-0.39, 0.29) is 41.8 Å². The van der Waals surface area contributed by atoms with Crippen LogP contribution < -0.4 is 10.2 Å². The van der Waals surface area contributed by atoms with Crippen molar-refractivity contribution in [2.75, 3.05) is 57.3 Å². The van der Waals surface area contributed by atoms with Gasteiger partial charge in [0.05, 0.1) is 12.2 Å². The molecule has 2 amide bonds. The summed E-state index contributed by atoms with van der Waals surface area (Å²) >= 11 is 0. The van der Waals surface area contributed by atoms with E-state index in [9.17, 15) is 18.4 Å². The highest BCUT2D eigenvalue weighted by molar-refractivity contribution is 5.97. The first-order valence-corrected chi connectivity index (χ1v) is 14.6. The van der Waals surface area contributed by atoms with Gasteiger partial charge in [-0.3, -0.25) is 24.4 Å². The molecule has 0 unspecified atom stereocenters. The zero-order chi connectivity index (χ0) is 29.5. The van der Waals surface area contributed by atoms with E-state index in [1.807, 2.05) is 15.9 Å². The van der Waals surface area contributed by atoms with E-state index in [0.29, 0.717) is 24.3 Å². The quantitative estimate of drug-likeness (QED) is 0.578. The van der Waals surface area contributed by atoms with Gasteiger partial charge in [-0.2, -0.15) is 0 Å². The molecule has 3 atom stereocenters. The van der Waals surface area contributed by atoms with Crippen molar-refractivity contribution in [3.8, 4) is 0 Å². The number of benzene rings is 1. The summed E-state index contributed by atoms with van der Waals surface area (Å²) in [5.41, 5.74) is 2.56. The van der Waals surface area contributed by atoms with E-state index in [1.54, 1.807) is 13.1 Å². The smallest absolute Gasteiger partial charge is 0.241 e. The molecule has 0 saturated carbocycles. The SMILES string of the molecule is CC(=O)N1CCN(C[C@H]2CN[C@H](C)CN2CC(=O)N2CC(C)(C)c3cnc(Cc4ccc(F)cc4F)cc32)[C@H](C)C1. The van der Waals surface area contributed by atoms with Crippen LogP contribution in [0.2, 0.25) is 0 Å². The van der Waals surface area contributed by atoms with E-state index in [4.69, 9.17) is 0 Å². The Morgan fingerprint density at radius 1 is 1.10 bits per heavy atom. The van der Waals surface area contributed by atoms with Crippen LogP contribution in [-0.2, 0) is 21.4 Å². The average Bonchev–Trinajstić information content (AvgIpc) is 3.18. The summed E-state index contributed by atoms with van der Waals surface area (Å²) < 4.78 is 27.8. The summed E-state index contributed by atoms with van der Waals surface area (Å²) in [6.07, 6.45) is 2.02. The predicted molar refractivity (Wildman–Crippen MR) is 155 cm³/mol. The first kappa shape index (κ1) is 29.5. The molecule has 10 heteroatoms. The van der Waals surface area contributed by atoms with E-state index >= 15 is 0 Å². The summed E-state index contributed by atoms with van der Waals surface area (Å²) in [7, 11) is 0. The molecule has 41 heavy (non-hydrogen) atoms. The number of halogens is 2. The minimum absolute atomic E-state index is 0.0375. The maximum absolute atomic E-state index is 14.3. The summed E-state index contributed by atoms with van der Waals surface area (Å²) in [6, 6.07) is 6.17. The third kappa shape index (κ3) is 6.44. The molecule has 1 aromatic carbocycles. The minimum Gasteiger partial charge on any atom is -0.340 e. The molecule has 2 aromatic rings. The first-order chi connectivity index (χ1) is 19.4. The van der Waals surface area contributed by atoms with Crippen molar-refractivity contribution in [3.05, 3.63) is 58.9 Å². The maximum Gasteiger partial charge on any atom is 0.241 e. The van der Waals surface area contributed by atoms with Crippen molar-refractivity contribution in [1.29, 1.82) is 0 Å². The lowest BCUT2D eigenvalue weighted by molar-refractivity contribution is -0.132. The lowest BCUT2D eigenvalue weighted by Gasteiger charge is -2.45. The molecule has 0 radical (unpaired) electrons. The zero-order valence-corrected chi connectivity index (χ0v) is 24.8. The maximum atomic E-state index is 14.3. The lowest BCUT2D eigenvalue weighted by Crippen LogP contribution is -2.63. The second kappa shape index (κ2) is 11.7. The van der Waals surface area contributed by atoms with Crippen molar-refractivity contribution < 1.29 is 18.4 Å². The Bertz CT molecular complexity index is 1300. The molecule has 0 aliphatic carbocycles. The van der Waals surface area contributed by atoms with Gasteiger partial charge in [-0.05, 0) is 31.5 Å². The van der Waals surface area contributed by atoms with Gasteiger partial charge >= 0.3 is 0 Å². The van der Waals surface area contributed by atoms with Crippen LogP contribution in [0.3, 0.4) is 0 Å². The fraction of sp³-hybridized carbons (Fsp3) is 0.581. The van der Waals surface area contributed by atoms with Gasteiger partial charge in [-0.25, -0.2) is 8.78 Å². The molecular weight excluding hydrogens is 526 g/mol. The number of amides is 2. The van der Waals surface area contributed by atoms with Gasteiger partial charge < -0.3 is 15.1 Å². The van der Waals surface area contributed by atoms with Crippen LogP contribution in [-0.4, -0.2) is 102 Å². The number of piperazine rings is 2. The van der Waals surface area contributed by atoms with E-state index in [1.165, 1.54) is 12.1 Å². The van der Waals surface area contributed by atoms with Gasteiger partial charge in [-0.1, -0.05) is 19.9 Å². The van der Waals surface area contributed by atoms with Gasteiger partial charge in [0.25, 0.3) is 0 Å². The molecule has 1 N–H and O–H groups in total. The third-order valence-corrected chi connectivity index (χ3v) is 8.92. The van der Waals surface area contributed by atoms with Crippen molar-refractivity contribution in [1.82, 2.24) is 25.0 Å². The molecule has 4 heterocycles. The molecule has 0 spiro atoms. The van der Waals surface area contributed by atoms with Crippen molar-refractivity contribution in [2.45, 2.75) is 64.6 Å². The Balaban J connectivity index is 1.31. The molecule has 0 bridgehead atoms. The fourth-order valence-electron chi connectivity index (χ4n) is 6.46. The average molecular weight is 569 g/mol. The standard InChI is InChI=1S/C31H42F2N6O2/c1-20-15-38(26(13-34-20)17-36-8-9-37(22(3)40)16-21(36)2)18-30(41)39-19-31(4,5)27-14-35-25(12-29(27)39)10-23-6-7-24(32)11-28(23)33/h6-7,11-12,14,20-21,26,34H,8-10,13,15-19H2,1-5H3/t20-,21-,26-/m1/s1. The molecule has 1 aromatic heterocycles. The largest absolute Gasteiger partial charge is 0.340 e. The normalized spacial score (nSPS) is 24.9. The summed E-state index contributed by atoms with van der Waals surface area (Å²) in [4.78, 5) is 38.9. The highest BCUT2D eigenvalue weighted by atomic mass is 19.1. The first-order valence-electron chi connectivity index (χ1n) is 14.6. The predicted octanol–water partition coefficient (Wildman–Crippen LogP) is 2.79. The zero-order valence-electron chi connectivity index (χ0n) is 24.8. The molecule has 3 aliphatic heterocycles. The van der Waals surface area contributed by atoms with Crippen LogP contribution in [0, 0.1) is 11.6 Å². The number of anilines is 1. The number of nitrogens with one attached hydrogen (secondary N) is 1. The number of fused-ring (bicyclic) bond motifs is 1. The van der Waals surface area contributed by atoms with Gasteiger partial charge in [-0.15, -0.1) is 0 Å². The summed E-state index contributed by atoms with van der Waals surface area (Å²) in [5, 5.41) is 3.58. The van der Waals surface area contributed by atoms with Gasteiger partial charge in [0.15, 0.2) is 0 Å². The van der Waals surface area contributed by atoms with Crippen molar-refractivity contribution in [2.24, 2.45) is 0 Å². The number of rotatable bonds is 6. The van der Waals surface area contributed by atoms with Crippen molar-refractivity contribution in [3.63, 3.8) is 0 Å². The Labute approximate surface area is 241 Å². The highest BCUT2D eigenvalue weighted by Gasteiger charge is 2.40. The number of hydrogen-bond donors (Lipinski definition) is 1. The van der Waals surface area contributed by atoms with Gasteiger partial charge in [0.1, 0.15) is 11.6 Å². The van der Waals surface area contributed by atoms with Gasteiger partial charge in [0, 0.05) is 106 Å². The molecule has 8 nitrogen and oxygen atoms in total. The molecular formula is C31H42F2N6O2. The van der Waals surface area contributed by atoms with Crippen LogP contribution in [0.5, 0.6) is 0 Å². The third-order valence-electron chi connectivity index (χ3n) is 8.92. The summed E-state index contributed by atoms with van der Waals surface area (Å²) in [6.45, 7) is 15.7. The molecule has 222 valence electrons. The number of carbonyl (C=O) groups is 2. The van der Waals surface area contributed by atoms with Crippen LogP contribution in [0.25, 0.3) is 0 Å². The molecule has 2 saturated heterocycles. The Hall–Kier alpha value is -2.95. The van der Waals surface area contributed by atoms with E-state index in [0.717, 1.165) is 56.6 Å². The lowest BCUT2D eigenvalue weighted by atomic mass is 9.88.